The molecule has 2 aromatic heterocycles. The Kier molecular flexibility index (Phi) is 8.15. The first-order valence-corrected chi connectivity index (χ1v) is 19.7. The van der Waals surface area contributed by atoms with E-state index in [1.807, 2.05) is 24.3 Å². The first-order chi connectivity index (χ1) is 28.7. The first kappa shape index (κ1) is 33.6. The van der Waals surface area contributed by atoms with Gasteiger partial charge in [0, 0.05) is 22.0 Å². The molecule has 0 atom stereocenters. The van der Waals surface area contributed by atoms with Crippen molar-refractivity contribution in [1.82, 2.24) is 9.55 Å². The number of rotatable bonds is 7. The van der Waals surface area contributed by atoms with Gasteiger partial charge in [0.15, 0.2) is 5.58 Å². The van der Waals surface area contributed by atoms with Gasteiger partial charge in [-0.2, -0.15) is 0 Å². The Morgan fingerprint density at radius 3 is 1.50 bits per heavy atom. The third kappa shape index (κ3) is 5.89. The normalized spacial score (nSPS) is 11.4. The van der Waals surface area contributed by atoms with Crippen LogP contribution < -0.4 is 0 Å². The molecule has 0 aliphatic heterocycles. The van der Waals surface area contributed by atoms with Gasteiger partial charge in [-0.15, -0.1) is 0 Å². The van der Waals surface area contributed by atoms with Crippen LogP contribution in [0.1, 0.15) is 0 Å². The summed E-state index contributed by atoms with van der Waals surface area (Å²) >= 11 is 0. The van der Waals surface area contributed by atoms with Crippen LogP contribution in [0.5, 0.6) is 0 Å². The molecule has 58 heavy (non-hydrogen) atoms. The number of oxazole rings is 1. The van der Waals surface area contributed by atoms with E-state index in [1.54, 1.807) is 0 Å². The molecule has 0 saturated heterocycles. The monoisotopic (exact) mass is 740 g/mol. The Balaban J connectivity index is 1.03. The van der Waals surface area contributed by atoms with Crippen LogP contribution >= 0.6 is 0 Å². The molecule has 3 nitrogen and oxygen atoms in total. The van der Waals surface area contributed by atoms with E-state index in [-0.39, 0.29) is 0 Å². The highest BCUT2D eigenvalue weighted by molar-refractivity contribution is 6.12. The standard InChI is InChI=1S/C55H36N2O/c1-3-14-37(15-4-1)40-16-13-17-41(34-40)42-30-32-52-49(35-42)50-36-43(31-33-53(50)57(52)44-18-5-2-6-19-44)46-21-8-10-23-48(46)47-22-9-7-20-45(47)38-26-28-39(29-27-38)55-56-51-24-11-12-25-54(51)58-55/h1-36H. The number of hydrogen-bond donors (Lipinski definition) is 0. The molecule has 0 bridgehead atoms. The van der Waals surface area contributed by atoms with E-state index in [0.29, 0.717) is 5.89 Å². The van der Waals surface area contributed by atoms with Crippen molar-refractivity contribution in [2.75, 3.05) is 0 Å². The predicted octanol–water partition coefficient (Wildman–Crippen LogP) is 14.9. The summed E-state index contributed by atoms with van der Waals surface area (Å²) in [5.74, 6) is 0.628. The van der Waals surface area contributed by atoms with Crippen LogP contribution in [-0.4, -0.2) is 9.55 Å². The van der Waals surface area contributed by atoms with Gasteiger partial charge in [-0.05, 0) is 122 Å². The van der Waals surface area contributed by atoms with E-state index < -0.39 is 0 Å². The highest BCUT2D eigenvalue weighted by Crippen LogP contribution is 2.42. The maximum Gasteiger partial charge on any atom is 0.227 e. The molecule has 272 valence electrons. The van der Waals surface area contributed by atoms with Crippen molar-refractivity contribution in [1.29, 1.82) is 0 Å². The highest BCUT2D eigenvalue weighted by Gasteiger charge is 2.18. The molecule has 11 rings (SSSR count). The molecule has 0 aliphatic carbocycles. The summed E-state index contributed by atoms with van der Waals surface area (Å²) in [4.78, 5) is 4.72. The Bertz CT molecular complexity index is 3230. The summed E-state index contributed by atoms with van der Waals surface area (Å²) in [7, 11) is 0. The number of nitrogens with zero attached hydrogens (tertiary/aromatic N) is 2. The van der Waals surface area contributed by atoms with E-state index in [4.69, 9.17) is 9.40 Å². The minimum absolute atomic E-state index is 0.628. The smallest absolute Gasteiger partial charge is 0.227 e. The molecule has 0 fully saturated rings. The van der Waals surface area contributed by atoms with Crippen molar-refractivity contribution < 1.29 is 4.42 Å². The molecular formula is C55H36N2O. The maximum absolute atomic E-state index is 6.08. The fourth-order valence-electron chi connectivity index (χ4n) is 8.46. The minimum atomic E-state index is 0.628. The van der Waals surface area contributed by atoms with E-state index in [9.17, 15) is 0 Å². The molecule has 0 radical (unpaired) electrons. The van der Waals surface area contributed by atoms with Gasteiger partial charge < -0.3 is 8.98 Å². The topological polar surface area (TPSA) is 31.0 Å². The molecule has 0 N–H and O–H groups in total. The lowest BCUT2D eigenvalue weighted by Crippen LogP contribution is -1.93. The number of benzene rings is 9. The summed E-state index contributed by atoms with van der Waals surface area (Å²) in [6, 6.07) is 77.9. The second kappa shape index (κ2) is 14.1. The molecule has 0 aliphatic rings. The van der Waals surface area contributed by atoms with Crippen molar-refractivity contribution in [2.24, 2.45) is 0 Å². The van der Waals surface area contributed by atoms with E-state index >= 15 is 0 Å². The lowest BCUT2D eigenvalue weighted by Gasteiger charge is -2.15. The van der Waals surface area contributed by atoms with Gasteiger partial charge in [-0.3, -0.25) is 0 Å². The van der Waals surface area contributed by atoms with Crippen LogP contribution in [0.2, 0.25) is 0 Å². The van der Waals surface area contributed by atoms with Gasteiger partial charge in [-0.1, -0.05) is 152 Å². The van der Waals surface area contributed by atoms with E-state index in [1.165, 1.54) is 71.9 Å². The van der Waals surface area contributed by atoms with Crippen LogP contribution in [0.3, 0.4) is 0 Å². The second-order valence-corrected chi connectivity index (χ2v) is 14.7. The third-order valence-electron chi connectivity index (χ3n) is 11.3. The van der Waals surface area contributed by atoms with Crippen molar-refractivity contribution >= 4 is 32.9 Å². The Morgan fingerprint density at radius 2 is 0.810 bits per heavy atom. The summed E-state index contributed by atoms with van der Waals surface area (Å²) in [6.45, 7) is 0. The highest BCUT2D eigenvalue weighted by atomic mass is 16.3. The maximum atomic E-state index is 6.08. The molecule has 11 aromatic rings. The molecule has 2 heterocycles. The molecule has 0 unspecified atom stereocenters. The fraction of sp³-hybridized carbons (Fsp3) is 0. The Hall–Kier alpha value is -7.75. The van der Waals surface area contributed by atoms with Crippen molar-refractivity contribution in [2.45, 2.75) is 0 Å². The lowest BCUT2D eigenvalue weighted by atomic mass is 9.89. The van der Waals surface area contributed by atoms with Gasteiger partial charge in [0.05, 0.1) is 11.0 Å². The third-order valence-corrected chi connectivity index (χ3v) is 11.3. The van der Waals surface area contributed by atoms with Gasteiger partial charge in [0.2, 0.25) is 5.89 Å². The molecule has 0 saturated carbocycles. The van der Waals surface area contributed by atoms with Crippen LogP contribution in [0, 0.1) is 0 Å². The SMILES string of the molecule is c1ccc(-c2cccc(-c3ccc4c(c3)c3cc(-c5ccccc5-c5ccccc5-c5ccc(-c6nc7ccccc7o6)cc5)ccc3n4-c3ccccc3)c2)cc1. The fourth-order valence-corrected chi connectivity index (χ4v) is 8.46. The molecule has 0 amide bonds. The number of para-hydroxylation sites is 3. The summed E-state index contributed by atoms with van der Waals surface area (Å²) < 4.78 is 8.47. The minimum Gasteiger partial charge on any atom is -0.436 e. The van der Waals surface area contributed by atoms with Gasteiger partial charge >= 0.3 is 0 Å². The summed E-state index contributed by atoms with van der Waals surface area (Å²) in [6.07, 6.45) is 0. The van der Waals surface area contributed by atoms with E-state index in [2.05, 4.69) is 199 Å². The van der Waals surface area contributed by atoms with Crippen LogP contribution in [0.25, 0.3) is 106 Å². The number of aromatic nitrogens is 2. The summed E-state index contributed by atoms with van der Waals surface area (Å²) in [5.41, 5.74) is 18.0. The number of hydrogen-bond acceptors (Lipinski definition) is 2. The van der Waals surface area contributed by atoms with Crippen molar-refractivity contribution in [3.63, 3.8) is 0 Å². The zero-order valence-corrected chi connectivity index (χ0v) is 31.6. The van der Waals surface area contributed by atoms with Gasteiger partial charge in [0.25, 0.3) is 0 Å². The Labute approximate surface area is 336 Å². The average molecular weight is 741 g/mol. The van der Waals surface area contributed by atoms with Crippen LogP contribution in [0.15, 0.2) is 223 Å². The van der Waals surface area contributed by atoms with Crippen molar-refractivity contribution in [3.05, 3.63) is 218 Å². The van der Waals surface area contributed by atoms with Crippen LogP contribution in [-0.2, 0) is 0 Å². The molecule has 0 spiro atoms. The first-order valence-electron chi connectivity index (χ1n) is 19.7. The molecule has 9 aromatic carbocycles. The Morgan fingerprint density at radius 1 is 0.328 bits per heavy atom. The largest absolute Gasteiger partial charge is 0.436 e. The quantitative estimate of drug-likeness (QED) is 0.163. The zero-order chi connectivity index (χ0) is 38.4. The second-order valence-electron chi connectivity index (χ2n) is 14.7. The van der Waals surface area contributed by atoms with E-state index in [0.717, 1.165) is 27.9 Å². The van der Waals surface area contributed by atoms with Gasteiger partial charge in [-0.25, -0.2) is 4.98 Å². The van der Waals surface area contributed by atoms with Crippen molar-refractivity contribution in [3.8, 4) is 72.8 Å². The molecule has 3 heteroatoms. The molecular weight excluding hydrogens is 705 g/mol. The van der Waals surface area contributed by atoms with Gasteiger partial charge in [0.1, 0.15) is 5.52 Å². The lowest BCUT2D eigenvalue weighted by molar-refractivity contribution is 0.620. The average Bonchev–Trinajstić information content (AvgIpc) is 3.89. The summed E-state index contributed by atoms with van der Waals surface area (Å²) in [5, 5.41) is 2.44. The number of fused-ring (bicyclic) bond motifs is 4. The zero-order valence-electron chi connectivity index (χ0n) is 31.6. The van der Waals surface area contributed by atoms with Crippen LogP contribution in [0.4, 0.5) is 0 Å². The predicted molar refractivity (Wildman–Crippen MR) is 241 cm³/mol.